The van der Waals surface area contributed by atoms with Crippen molar-refractivity contribution in [2.45, 2.75) is 13.5 Å². The van der Waals surface area contributed by atoms with E-state index in [0.29, 0.717) is 34.3 Å². The molecule has 0 saturated heterocycles. The molecule has 0 unspecified atom stereocenters. The number of benzene rings is 3. The number of rotatable bonds is 5. The summed E-state index contributed by atoms with van der Waals surface area (Å²) in [7, 11) is 3.21. The minimum absolute atomic E-state index is 0.348. The van der Waals surface area contributed by atoms with Gasteiger partial charge in [-0.3, -0.25) is 4.79 Å². The van der Waals surface area contributed by atoms with E-state index in [1.807, 2.05) is 60.0 Å². The molecule has 0 bridgehead atoms. The molecule has 3 aromatic carbocycles. The first-order valence-electron chi connectivity index (χ1n) is 9.46. The molecule has 0 aliphatic heterocycles. The van der Waals surface area contributed by atoms with Crippen molar-refractivity contribution in [2.24, 2.45) is 4.99 Å². The number of aromatic nitrogens is 1. The van der Waals surface area contributed by atoms with Gasteiger partial charge in [0, 0.05) is 18.7 Å². The van der Waals surface area contributed by atoms with E-state index in [4.69, 9.17) is 21.1 Å². The second-order valence-electron chi connectivity index (χ2n) is 6.86. The van der Waals surface area contributed by atoms with Gasteiger partial charge in [0.15, 0.2) is 4.80 Å². The van der Waals surface area contributed by atoms with Gasteiger partial charge in [-0.05, 0) is 47.5 Å². The molecule has 4 aromatic rings. The molecule has 0 N–H and O–H groups in total. The molecule has 0 fully saturated rings. The van der Waals surface area contributed by atoms with Crippen LogP contribution in [0.25, 0.3) is 21.0 Å². The van der Waals surface area contributed by atoms with Crippen molar-refractivity contribution >= 4 is 49.8 Å². The van der Waals surface area contributed by atoms with Crippen molar-refractivity contribution in [1.82, 2.24) is 4.57 Å². The largest absolute Gasteiger partial charge is 0.496 e. The van der Waals surface area contributed by atoms with Gasteiger partial charge in [-0.25, -0.2) is 0 Å². The van der Waals surface area contributed by atoms with Gasteiger partial charge in [0.2, 0.25) is 0 Å². The van der Waals surface area contributed by atoms with E-state index in [-0.39, 0.29) is 5.91 Å². The van der Waals surface area contributed by atoms with Crippen molar-refractivity contribution in [1.29, 1.82) is 0 Å². The molecule has 1 heterocycles. The molecule has 0 aliphatic rings. The summed E-state index contributed by atoms with van der Waals surface area (Å²) in [5, 5.41) is 2.65. The summed E-state index contributed by atoms with van der Waals surface area (Å²) in [5.74, 6) is 0.158. The van der Waals surface area contributed by atoms with Gasteiger partial charge in [-0.1, -0.05) is 47.2 Å². The number of fused-ring (bicyclic) bond motifs is 2. The van der Waals surface area contributed by atoms with Crippen LogP contribution in [0.5, 0.6) is 5.75 Å². The SMILES string of the molecule is COCCn1c(=NC(=O)c2cc3ccccc3cc2OC)sc2ccc(Cl)c(C)c21. The van der Waals surface area contributed by atoms with Gasteiger partial charge < -0.3 is 14.0 Å². The molecule has 30 heavy (non-hydrogen) atoms. The Morgan fingerprint density at radius 2 is 1.87 bits per heavy atom. The lowest BCUT2D eigenvalue weighted by Gasteiger charge is -2.09. The Labute approximate surface area is 183 Å². The van der Waals surface area contributed by atoms with Gasteiger partial charge in [0.25, 0.3) is 5.91 Å². The average Bonchev–Trinajstić information content (AvgIpc) is 3.11. The summed E-state index contributed by atoms with van der Waals surface area (Å²) in [6, 6.07) is 15.4. The summed E-state index contributed by atoms with van der Waals surface area (Å²) in [4.78, 5) is 18.3. The molecule has 1 aromatic heterocycles. The van der Waals surface area contributed by atoms with Crippen LogP contribution in [-0.4, -0.2) is 31.3 Å². The molecule has 0 spiro atoms. The Kier molecular flexibility index (Phi) is 5.90. The summed E-state index contributed by atoms with van der Waals surface area (Å²) in [5.41, 5.74) is 2.36. The summed E-state index contributed by atoms with van der Waals surface area (Å²) >= 11 is 7.80. The maximum absolute atomic E-state index is 13.2. The monoisotopic (exact) mass is 440 g/mol. The number of nitrogens with zero attached hydrogens (tertiary/aromatic N) is 2. The van der Waals surface area contributed by atoms with E-state index in [1.165, 1.54) is 11.3 Å². The first-order chi connectivity index (χ1) is 14.5. The normalized spacial score (nSPS) is 12.1. The Balaban J connectivity index is 1.90. The maximum atomic E-state index is 13.2. The number of aryl methyl sites for hydroxylation is 1. The van der Waals surface area contributed by atoms with Crippen molar-refractivity contribution in [3.63, 3.8) is 0 Å². The van der Waals surface area contributed by atoms with Crippen molar-refractivity contribution in [3.05, 3.63) is 69.5 Å². The highest BCUT2D eigenvalue weighted by molar-refractivity contribution is 7.16. The molecular formula is C23H21ClN2O3S. The van der Waals surface area contributed by atoms with Gasteiger partial charge in [-0.15, -0.1) is 0 Å². The number of halogens is 1. The minimum atomic E-state index is -0.348. The summed E-state index contributed by atoms with van der Waals surface area (Å²) in [6.45, 7) is 3.04. The first-order valence-corrected chi connectivity index (χ1v) is 10.7. The number of amides is 1. The van der Waals surface area contributed by atoms with Gasteiger partial charge >= 0.3 is 0 Å². The van der Waals surface area contributed by atoms with Crippen molar-refractivity contribution < 1.29 is 14.3 Å². The third-order valence-electron chi connectivity index (χ3n) is 5.04. The molecule has 5 nitrogen and oxygen atoms in total. The zero-order valence-electron chi connectivity index (χ0n) is 16.9. The Bertz CT molecular complexity index is 1320. The van der Waals surface area contributed by atoms with Crippen LogP contribution in [0.3, 0.4) is 0 Å². The van der Waals surface area contributed by atoms with Crippen LogP contribution in [-0.2, 0) is 11.3 Å². The first kappa shape index (κ1) is 20.6. The lowest BCUT2D eigenvalue weighted by molar-refractivity contribution is 0.0994. The third-order valence-corrected chi connectivity index (χ3v) is 6.50. The van der Waals surface area contributed by atoms with Crippen molar-refractivity contribution in [2.75, 3.05) is 20.8 Å². The van der Waals surface area contributed by atoms with Crippen LogP contribution < -0.4 is 9.54 Å². The molecule has 1 amide bonds. The summed E-state index contributed by atoms with van der Waals surface area (Å²) in [6.07, 6.45) is 0. The Morgan fingerprint density at radius 1 is 1.13 bits per heavy atom. The number of hydrogen-bond donors (Lipinski definition) is 0. The summed E-state index contributed by atoms with van der Waals surface area (Å²) < 4.78 is 13.8. The van der Waals surface area contributed by atoms with Crippen LogP contribution in [0, 0.1) is 6.92 Å². The van der Waals surface area contributed by atoms with E-state index >= 15 is 0 Å². The fourth-order valence-electron chi connectivity index (χ4n) is 3.49. The zero-order chi connectivity index (χ0) is 21.3. The lowest BCUT2D eigenvalue weighted by atomic mass is 10.1. The molecule has 154 valence electrons. The Morgan fingerprint density at radius 3 is 2.57 bits per heavy atom. The predicted molar refractivity (Wildman–Crippen MR) is 122 cm³/mol. The number of thiazole rings is 1. The van der Waals surface area contributed by atoms with Crippen LogP contribution in [0.2, 0.25) is 5.02 Å². The number of hydrogen-bond acceptors (Lipinski definition) is 4. The standard InChI is InChI=1S/C23H21ClN2O3S/c1-14-18(24)8-9-20-21(14)26(10-11-28-2)23(30-20)25-22(27)17-12-15-6-4-5-7-16(15)13-19(17)29-3/h4-9,12-13H,10-11H2,1-3H3. The van der Waals surface area contributed by atoms with Crippen LogP contribution >= 0.6 is 22.9 Å². The molecular weight excluding hydrogens is 420 g/mol. The minimum Gasteiger partial charge on any atom is -0.496 e. The van der Waals surface area contributed by atoms with E-state index in [0.717, 1.165) is 26.6 Å². The quantitative estimate of drug-likeness (QED) is 0.428. The molecule has 7 heteroatoms. The zero-order valence-corrected chi connectivity index (χ0v) is 18.5. The molecule has 4 rings (SSSR count). The number of ether oxygens (including phenoxy) is 2. The smallest absolute Gasteiger partial charge is 0.283 e. The van der Waals surface area contributed by atoms with Crippen LogP contribution in [0.1, 0.15) is 15.9 Å². The topological polar surface area (TPSA) is 52.8 Å². The van der Waals surface area contributed by atoms with Gasteiger partial charge in [0.05, 0.1) is 29.5 Å². The fraction of sp³-hybridized carbons (Fsp3) is 0.217. The molecule has 0 atom stereocenters. The third kappa shape index (κ3) is 3.74. The second kappa shape index (κ2) is 8.60. The van der Waals surface area contributed by atoms with E-state index in [2.05, 4.69) is 4.99 Å². The lowest BCUT2D eigenvalue weighted by Crippen LogP contribution is -2.20. The molecule has 0 saturated carbocycles. The van der Waals surface area contributed by atoms with Crippen molar-refractivity contribution in [3.8, 4) is 5.75 Å². The van der Waals surface area contributed by atoms with Gasteiger partial charge in [0.1, 0.15) is 5.75 Å². The number of methoxy groups -OCH3 is 2. The predicted octanol–water partition coefficient (Wildman–Crippen LogP) is 5.21. The number of carbonyl (C=O) groups excluding carboxylic acids is 1. The molecule has 0 radical (unpaired) electrons. The highest BCUT2D eigenvalue weighted by Gasteiger charge is 2.16. The highest BCUT2D eigenvalue weighted by Crippen LogP contribution is 2.28. The number of carbonyl (C=O) groups is 1. The fourth-order valence-corrected chi connectivity index (χ4v) is 4.76. The van der Waals surface area contributed by atoms with E-state index in [1.54, 1.807) is 14.2 Å². The average molecular weight is 441 g/mol. The maximum Gasteiger partial charge on any atom is 0.283 e. The Hall–Kier alpha value is -2.67. The molecule has 0 aliphatic carbocycles. The van der Waals surface area contributed by atoms with Crippen LogP contribution in [0.15, 0.2) is 53.5 Å². The van der Waals surface area contributed by atoms with Gasteiger partial charge in [-0.2, -0.15) is 4.99 Å². The second-order valence-corrected chi connectivity index (χ2v) is 8.28. The van der Waals surface area contributed by atoms with E-state index < -0.39 is 0 Å². The van der Waals surface area contributed by atoms with E-state index in [9.17, 15) is 4.79 Å². The highest BCUT2D eigenvalue weighted by atomic mass is 35.5. The van der Waals surface area contributed by atoms with Crippen LogP contribution in [0.4, 0.5) is 0 Å².